The highest BCUT2D eigenvalue weighted by Gasteiger charge is 2.45. The highest BCUT2D eigenvalue weighted by Crippen LogP contribution is 2.41. The fraction of sp³-hybridized carbons (Fsp3) is 0.647. The molecule has 2 fully saturated rings. The monoisotopic (exact) mass is 695 g/mol. The zero-order chi connectivity index (χ0) is 33.7. The minimum Gasteiger partial charge on any atom is -0.466 e. The lowest BCUT2D eigenvalue weighted by Gasteiger charge is -2.41. The molecule has 1 aliphatic carbocycles. The maximum Gasteiger partial charge on any atom is 0.411 e. The number of esters is 1. The summed E-state index contributed by atoms with van der Waals surface area (Å²) in [4.78, 5) is 37.4. The van der Waals surface area contributed by atoms with Crippen molar-refractivity contribution in [1.29, 1.82) is 0 Å². The molecular weight excluding hydrogens is 649 g/mol. The van der Waals surface area contributed by atoms with Gasteiger partial charge in [-0.2, -0.15) is 0 Å². The number of unbranched alkanes of at least 4 members (excludes halogenated alkanes) is 1. The van der Waals surface area contributed by atoms with Crippen molar-refractivity contribution < 1.29 is 27.5 Å². The molecule has 3 atom stereocenters. The van der Waals surface area contributed by atoms with E-state index in [-0.39, 0.29) is 28.9 Å². The Morgan fingerprint density at radius 1 is 1.11 bits per heavy atom. The molecule has 1 aromatic rings. The number of carbonyl (C=O) groups is 2. The molecule has 1 aromatic carbocycles. The first kappa shape index (κ1) is 36.4. The van der Waals surface area contributed by atoms with E-state index in [9.17, 15) is 18.0 Å². The predicted octanol–water partition coefficient (Wildman–Crippen LogP) is 8.14. The van der Waals surface area contributed by atoms with Gasteiger partial charge in [0, 0.05) is 17.1 Å². The van der Waals surface area contributed by atoms with Crippen LogP contribution in [0.3, 0.4) is 0 Å². The van der Waals surface area contributed by atoms with E-state index in [0.29, 0.717) is 47.9 Å². The predicted molar refractivity (Wildman–Crippen MR) is 182 cm³/mol. The number of nitrogens with zero attached hydrogens (tertiary/aromatic N) is 3. The van der Waals surface area contributed by atoms with E-state index >= 15 is 0 Å². The second-order valence-corrected chi connectivity index (χ2v) is 16.6. The molecule has 9 nitrogen and oxygen atoms in total. The van der Waals surface area contributed by atoms with Gasteiger partial charge in [0.25, 0.3) is 0 Å². The number of hydrogen-bond donors (Lipinski definition) is 0. The van der Waals surface area contributed by atoms with Gasteiger partial charge in [0.1, 0.15) is 11.0 Å². The average Bonchev–Trinajstić information content (AvgIpc) is 3.61. The molecule has 12 heteroatoms. The lowest BCUT2D eigenvalue weighted by molar-refractivity contribution is -0.136. The quantitative estimate of drug-likeness (QED) is 0.171. The van der Waals surface area contributed by atoms with Crippen molar-refractivity contribution >= 4 is 56.0 Å². The van der Waals surface area contributed by atoms with Gasteiger partial charge < -0.3 is 9.47 Å². The summed E-state index contributed by atoms with van der Waals surface area (Å²) in [6, 6.07) is 6.10. The molecule has 1 saturated carbocycles. The van der Waals surface area contributed by atoms with Gasteiger partial charge in [-0.25, -0.2) is 23.0 Å². The third kappa shape index (κ3) is 9.13. The molecule has 0 bridgehead atoms. The van der Waals surface area contributed by atoms with Crippen molar-refractivity contribution in [3.63, 3.8) is 0 Å². The van der Waals surface area contributed by atoms with E-state index in [1.165, 1.54) is 24.1 Å². The Balaban J connectivity index is 1.66. The Kier molecular flexibility index (Phi) is 12.0. The molecule has 1 amide bonds. The molecule has 3 aliphatic rings. The molecule has 0 N–H and O–H groups in total. The Labute approximate surface area is 283 Å². The van der Waals surface area contributed by atoms with Gasteiger partial charge in [-0.1, -0.05) is 68.3 Å². The van der Waals surface area contributed by atoms with Crippen LogP contribution in [-0.2, 0) is 24.1 Å². The van der Waals surface area contributed by atoms with E-state index in [1.807, 2.05) is 0 Å². The zero-order valence-corrected chi connectivity index (χ0v) is 29.9. The molecule has 0 spiro atoms. The maximum absolute atomic E-state index is 14.1. The molecule has 0 radical (unpaired) electrons. The van der Waals surface area contributed by atoms with Gasteiger partial charge in [0.2, 0.25) is 0 Å². The summed E-state index contributed by atoms with van der Waals surface area (Å²) in [6.07, 6.45) is 9.63. The van der Waals surface area contributed by atoms with Crippen LogP contribution in [0.5, 0.6) is 0 Å². The highest BCUT2D eigenvalue weighted by molar-refractivity contribution is 7.92. The number of allylic oxidation sites excluding steroid dienone is 1. The summed E-state index contributed by atoms with van der Waals surface area (Å²) in [6.45, 7) is 7.53. The van der Waals surface area contributed by atoms with Crippen LogP contribution in [0, 0.1) is 11.8 Å². The Bertz CT molecular complexity index is 1480. The number of ether oxygens (including phenoxy) is 2. The first-order valence-corrected chi connectivity index (χ1v) is 18.6. The minimum absolute atomic E-state index is 0.0462. The number of sulfone groups is 1. The molecular formula is C34H47Cl2N3O6S. The van der Waals surface area contributed by atoms with Crippen molar-refractivity contribution in [2.24, 2.45) is 21.8 Å². The molecule has 2 heterocycles. The molecule has 2 aliphatic heterocycles. The van der Waals surface area contributed by atoms with Gasteiger partial charge in [-0.05, 0) is 95.4 Å². The first-order valence-electron chi connectivity index (χ1n) is 16.3. The Morgan fingerprint density at radius 3 is 2.46 bits per heavy atom. The molecule has 46 heavy (non-hydrogen) atoms. The van der Waals surface area contributed by atoms with Gasteiger partial charge in [0.05, 0.1) is 17.7 Å². The maximum atomic E-state index is 14.1. The van der Waals surface area contributed by atoms with Crippen LogP contribution in [0.1, 0.15) is 98.3 Å². The number of rotatable bonds is 11. The van der Waals surface area contributed by atoms with E-state index in [2.05, 4.69) is 6.92 Å². The van der Waals surface area contributed by atoms with Crippen LogP contribution < -0.4 is 0 Å². The number of halogens is 2. The fourth-order valence-electron chi connectivity index (χ4n) is 6.68. The largest absolute Gasteiger partial charge is 0.466 e. The van der Waals surface area contributed by atoms with Crippen molar-refractivity contribution in [3.8, 4) is 0 Å². The van der Waals surface area contributed by atoms with Crippen molar-refractivity contribution in [3.05, 3.63) is 40.9 Å². The Hall–Kier alpha value is -2.43. The second-order valence-electron chi connectivity index (χ2n) is 13.7. The number of amides is 1. The van der Waals surface area contributed by atoms with E-state index in [1.54, 1.807) is 39.0 Å². The lowest BCUT2D eigenvalue weighted by atomic mass is 9.85. The number of carbonyl (C=O) groups excluding carboxylic acids is 2. The molecule has 0 aromatic heterocycles. The van der Waals surface area contributed by atoms with Crippen LogP contribution >= 0.6 is 23.2 Å². The number of likely N-dealkylation sites (tertiary alicyclic amines) is 1. The third-order valence-corrected chi connectivity index (χ3v) is 11.5. The minimum atomic E-state index is -4.02. The lowest BCUT2D eigenvalue weighted by Crippen LogP contribution is -2.52. The summed E-state index contributed by atoms with van der Waals surface area (Å²) < 4.78 is 38.9. The summed E-state index contributed by atoms with van der Waals surface area (Å²) in [7, 11) is -2.64. The average molecular weight is 697 g/mol. The van der Waals surface area contributed by atoms with Crippen molar-refractivity contribution in [2.45, 2.75) is 120 Å². The van der Waals surface area contributed by atoms with Crippen LogP contribution in [0.4, 0.5) is 4.79 Å². The summed E-state index contributed by atoms with van der Waals surface area (Å²) in [5.74, 6) is -0.122. The topological polar surface area (TPSA) is 115 Å². The number of benzene rings is 1. The number of hydrogen-bond acceptors (Lipinski definition) is 8. The summed E-state index contributed by atoms with van der Waals surface area (Å²) in [5.41, 5.74) is -0.718. The van der Waals surface area contributed by atoms with Crippen LogP contribution in [-0.4, -0.2) is 66.6 Å². The fourth-order valence-corrected chi connectivity index (χ4v) is 9.12. The van der Waals surface area contributed by atoms with Gasteiger partial charge >= 0.3 is 12.1 Å². The summed E-state index contributed by atoms with van der Waals surface area (Å²) >= 11 is 12.9. The van der Waals surface area contributed by atoms with Crippen LogP contribution in [0.15, 0.2) is 50.8 Å². The molecule has 4 rings (SSSR count). The van der Waals surface area contributed by atoms with Crippen LogP contribution in [0.25, 0.3) is 0 Å². The third-order valence-electron chi connectivity index (χ3n) is 8.91. The van der Waals surface area contributed by atoms with E-state index < -0.39 is 38.5 Å². The smallest absolute Gasteiger partial charge is 0.411 e. The number of aliphatic imine (C=N–C) groups is 2. The molecule has 254 valence electrons. The Morgan fingerprint density at radius 2 is 1.83 bits per heavy atom. The van der Waals surface area contributed by atoms with Crippen LogP contribution in [0.2, 0.25) is 5.02 Å². The van der Waals surface area contributed by atoms with E-state index in [4.69, 9.17) is 42.7 Å². The normalized spacial score (nSPS) is 24.5. The van der Waals surface area contributed by atoms with Gasteiger partial charge in [0.15, 0.2) is 20.7 Å². The zero-order valence-electron chi connectivity index (χ0n) is 27.6. The van der Waals surface area contributed by atoms with Crippen molar-refractivity contribution in [1.82, 2.24) is 4.90 Å². The van der Waals surface area contributed by atoms with E-state index in [0.717, 1.165) is 38.5 Å². The van der Waals surface area contributed by atoms with Gasteiger partial charge in [-0.15, -0.1) is 0 Å². The molecule has 1 saturated heterocycles. The summed E-state index contributed by atoms with van der Waals surface area (Å²) in [5, 5.41) is -0.637. The standard InChI is InChI=1S/C34H47Cl2N3O6S/c1-6-7-16-34(37-28(30(36)38-34)20-25(31(40)44-5)18-23-11-8-9-12-23)22-24-15-17-39(32(41)45-33(2,3)4)29(19-24)46(42,43)27-14-10-13-26(35)21-27/h10,13-14,20-21,23-24,29H,6-9,11-12,15-19,22H2,1-5H3. The SMILES string of the molecule is CCCCC1(CC2CCN(C(=O)OC(C)(C)C)C(S(=O)(=O)c3cccc(Cl)c3)C2)N=C(Cl)C(C=C(CC2CCCC2)C(=O)OC)=N1. The number of methoxy groups -OCH3 is 1. The second kappa shape index (κ2) is 15.2. The highest BCUT2D eigenvalue weighted by atomic mass is 35.5. The van der Waals surface area contributed by atoms with Gasteiger partial charge in [-0.3, -0.25) is 9.89 Å². The number of piperidine rings is 1. The first-order chi connectivity index (χ1) is 21.7. The molecule has 3 unspecified atom stereocenters. The van der Waals surface area contributed by atoms with Crippen molar-refractivity contribution in [2.75, 3.05) is 13.7 Å².